The van der Waals surface area contributed by atoms with Crippen molar-refractivity contribution >= 4 is 10.8 Å². The zero-order chi connectivity index (χ0) is 12.4. The summed E-state index contributed by atoms with van der Waals surface area (Å²) in [5.74, 6) is 0.157. The molecule has 94 valence electrons. The number of rotatable bonds is 3. The van der Waals surface area contributed by atoms with Crippen LogP contribution in [0.5, 0.6) is 0 Å². The molecule has 1 aliphatic heterocycles. The Labute approximate surface area is 104 Å². The van der Waals surface area contributed by atoms with E-state index in [9.17, 15) is 8.60 Å². The highest BCUT2D eigenvalue weighted by atomic mass is 32.2. The first kappa shape index (κ1) is 12.7. The highest BCUT2D eigenvalue weighted by Crippen LogP contribution is 2.24. The molecule has 0 bridgehead atoms. The number of hydrogen-bond donors (Lipinski definition) is 0. The molecule has 1 fully saturated rings. The van der Waals surface area contributed by atoms with Crippen LogP contribution in [-0.2, 0) is 15.5 Å². The van der Waals surface area contributed by atoms with Crippen LogP contribution in [-0.4, -0.2) is 28.8 Å². The minimum Gasteiger partial charge on any atom is -0.374 e. The highest BCUT2D eigenvalue weighted by Gasteiger charge is 2.35. The zero-order valence-corrected chi connectivity index (χ0v) is 10.9. The van der Waals surface area contributed by atoms with Crippen molar-refractivity contribution in [3.05, 3.63) is 29.8 Å². The minimum absolute atomic E-state index is 0.0879. The maximum Gasteiger partial charge on any atom is 0.132 e. The summed E-state index contributed by atoms with van der Waals surface area (Å²) in [7, 11) is -1.18. The van der Waals surface area contributed by atoms with E-state index in [1.807, 2.05) is 38.1 Å². The molecule has 2 rings (SSSR count). The summed E-state index contributed by atoms with van der Waals surface area (Å²) in [4.78, 5) is 0.742. The second-order valence-corrected chi connectivity index (χ2v) is 6.11. The molecule has 1 aromatic rings. The Hall–Kier alpha value is -0.740. The smallest absolute Gasteiger partial charge is 0.132 e. The van der Waals surface area contributed by atoms with Crippen molar-refractivity contribution < 1.29 is 13.3 Å². The predicted octanol–water partition coefficient (Wildman–Crippen LogP) is 2.48. The van der Waals surface area contributed by atoms with Crippen molar-refractivity contribution in [1.29, 1.82) is 0 Å². The summed E-state index contributed by atoms with van der Waals surface area (Å²) in [5, 5.41) is 0. The number of alkyl halides is 1. The maximum atomic E-state index is 13.7. The van der Waals surface area contributed by atoms with Gasteiger partial charge < -0.3 is 4.74 Å². The number of ether oxygens (including phenoxy) is 1. The summed E-state index contributed by atoms with van der Waals surface area (Å²) < 4.78 is 31.0. The van der Waals surface area contributed by atoms with Gasteiger partial charge in [-0.05, 0) is 19.1 Å². The molecule has 0 saturated carbocycles. The fourth-order valence-electron chi connectivity index (χ4n) is 1.90. The molecule has 1 aromatic carbocycles. The molecule has 0 spiro atoms. The lowest BCUT2D eigenvalue weighted by Crippen LogP contribution is -2.26. The van der Waals surface area contributed by atoms with Crippen molar-refractivity contribution in [2.45, 2.75) is 31.0 Å². The van der Waals surface area contributed by atoms with E-state index in [-0.39, 0.29) is 11.7 Å². The van der Waals surface area contributed by atoms with Crippen LogP contribution >= 0.6 is 0 Å². The average molecular weight is 256 g/mol. The Kier molecular flexibility index (Phi) is 3.94. The molecule has 17 heavy (non-hydrogen) atoms. The van der Waals surface area contributed by atoms with E-state index in [1.54, 1.807) is 0 Å². The summed E-state index contributed by atoms with van der Waals surface area (Å²) in [5.41, 5.74) is 1.12. The molecular formula is C13H17FO2S. The first-order valence-electron chi connectivity index (χ1n) is 5.78. The van der Waals surface area contributed by atoms with E-state index in [0.29, 0.717) is 6.61 Å². The Morgan fingerprint density at radius 2 is 2.06 bits per heavy atom. The molecule has 0 unspecified atom stereocenters. The molecule has 0 aromatic heterocycles. The first-order chi connectivity index (χ1) is 8.08. The third kappa shape index (κ3) is 2.93. The highest BCUT2D eigenvalue weighted by molar-refractivity contribution is 7.85. The van der Waals surface area contributed by atoms with Crippen molar-refractivity contribution in [3.63, 3.8) is 0 Å². The standard InChI is InChI=1S/C13H17FO2S/c1-9-3-5-11(6-4-9)17(15)8-12-13(14)10(2)7-16-12/h3-6,10,12-13H,7-8H2,1-2H3/t10-,12+,13+,17-/m0/s1. The Bertz CT molecular complexity index is 404. The van der Waals surface area contributed by atoms with Crippen LogP contribution in [0.2, 0.25) is 0 Å². The van der Waals surface area contributed by atoms with Gasteiger partial charge in [-0.3, -0.25) is 4.21 Å². The van der Waals surface area contributed by atoms with Crippen LogP contribution in [0.15, 0.2) is 29.2 Å². The molecule has 4 atom stereocenters. The lowest BCUT2D eigenvalue weighted by molar-refractivity contribution is 0.0955. The van der Waals surface area contributed by atoms with Gasteiger partial charge in [-0.25, -0.2) is 4.39 Å². The fourth-order valence-corrected chi connectivity index (χ4v) is 3.11. The van der Waals surface area contributed by atoms with Crippen LogP contribution in [0, 0.1) is 12.8 Å². The van der Waals surface area contributed by atoms with Crippen LogP contribution in [0.3, 0.4) is 0 Å². The largest absolute Gasteiger partial charge is 0.374 e. The lowest BCUT2D eigenvalue weighted by atomic mass is 10.1. The van der Waals surface area contributed by atoms with Gasteiger partial charge in [0.25, 0.3) is 0 Å². The van der Waals surface area contributed by atoms with Crippen molar-refractivity contribution in [3.8, 4) is 0 Å². The molecule has 0 aliphatic carbocycles. The fraction of sp³-hybridized carbons (Fsp3) is 0.538. The van der Waals surface area contributed by atoms with Gasteiger partial charge in [-0.15, -0.1) is 0 Å². The normalized spacial score (nSPS) is 30.4. The van der Waals surface area contributed by atoms with E-state index in [4.69, 9.17) is 4.74 Å². The van der Waals surface area contributed by atoms with Gasteiger partial charge in [0.1, 0.15) is 12.3 Å². The van der Waals surface area contributed by atoms with Crippen LogP contribution < -0.4 is 0 Å². The van der Waals surface area contributed by atoms with E-state index < -0.39 is 23.1 Å². The summed E-state index contributed by atoms with van der Waals surface area (Å²) in [6, 6.07) is 7.49. The van der Waals surface area contributed by atoms with Gasteiger partial charge in [0.2, 0.25) is 0 Å². The molecular weight excluding hydrogens is 239 g/mol. The van der Waals surface area contributed by atoms with Crippen LogP contribution in [0.1, 0.15) is 12.5 Å². The summed E-state index contributed by atoms with van der Waals surface area (Å²) in [6.07, 6.45) is -1.52. The van der Waals surface area contributed by atoms with E-state index in [2.05, 4.69) is 0 Å². The van der Waals surface area contributed by atoms with Gasteiger partial charge >= 0.3 is 0 Å². The van der Waals surface area contributed by atoms with E-state index in [0.717, 1.165) is 10.5 Å². The Morgan fingerprint density at radius 3 is 2.59 bits per heavy atom. The summed E-state index contributed by atoms with van der Waals surface area (Å²) >= 11 is 0. The maximum absolute atomic E-state index is 13.7. The average Bonchev–Trinajstić information content (AvgIpc) is 2.62. The van der Waals surface area contributed by atoms with Gasteiger partial charge in [0.15, 0.2) is 0 Å². The Morgan fingerprint density at radius 1 is 1.41 bits per heavy atom. The van der Waals surface area contributed by atoms with Gasteiger partial charge in [-0.2, -0.15) is 0 Å². The predicted molar refractivity (Wildman–Crippen MR) is 66.3 cm³/mol. The molecule has 4 heteroatoms. The van der Waals surface area contributed by atoms with Gasteiger partial charge in [-0.1, -0.05) is 24.6 Å². The molecule has 1 saturated heterocycles. The van der Waals surface area contributed by atoms with Crippen LogP contribution in [0.4, 0.5) is 4.39 Å². The Balaban J connectivity index is 2.00. The number of hydrogen-bond acceptors (Lipinski definition) is 2. The van der Waals surface area contributed by atoms with Gasteiger partial charge in [0.05, 0.1) is 23.2 Å². The second kappa shape index (κ2) is 5.27. The molecule has 0 amide bonds. The van der Waals surface area contributed by atoms with Crippen molar-refractivity contribution in [1.82, 2.24) is 0 Å². The zero-order valence-electron chi connectivity index (χ0n) is 10.1. The SMILES string of the molecule is Cc1ccc([S@@](=O)C[C@H]2OC[C@H](C)[C@H]2F)cc1. The lowest BCUT2D eigenvalue weighted by Gasteiger charge is -2.12. The molecule has 1 heterocycles. The molecule has 2 nitrogen and oxygen atoms in total. The third-order valence-electron chi connectivity index (χ3n) is 3.07. The van der Waals surface area contributed by atoms with E-state index in [1.165, 1.54) is 0 Å². The number of halogens is 1. The quantitative estimate of drug-likeness (QED) is 0.830. The number of benzene rings is 1. The molecule has 0 radical (unpaired) electrons. The van der Waals surface area contributed by atoms with Crippen LogP contribution in [0.25, 0.3) is 0 Å². The third-order valence-corrected chi connectivity index (χ3v) is 4.50. The van der Waals surface area contributed by atoms with Gasteiger partial charge in [0, 0.05) is 10.8 Å². The summed E-state index contributed by atoms with van der Waals surface area (Å²) in [6.45, 7) is 4.22. The second-order valence-electron chi connectivity index (χ2n) is 4.62. The van der Waals surface area contributed by atoms with E-state index >= 15 is 0 Å². The monoisotopic (exact) mass is 256 g/mol. The van der Waals surface area contributed by atoms with Crippen molar-refractivity contribution in [2.24, 2.45) is 5.92 Å². The van der Waals surface area contributed by atoms with Crippen molar-refractivity contribution in [2.75, 3.05) is 12.4 Å². The molecule has 1 aliphatic rings. The molecule has 0 N–H and O–H groups in total. The first-order valence-corrected chi connectivity index (χ1v) is 7.10. The number of aryl methyl sites for hydroxylation is 1. The topological polar surface area (TPSA) is 26.3 Å². The minimum atomic E-state index is -1.18.